The standard InChI is InChI=1S/C6HCl3N2/c7-4-1-3(2-10)11-6(9)5(4)8/h1H. The molecule has 11 heavy (non-hydrogen) atoms. The molecular weight excluding hydrogens is 206 g/mol. The highest BCUT2D eigenvalue weighted by Crippen LogP contribution is 2.28. The number of pyridine rings is 1. The second kappa shape index (κ2) is 3.27. The predicted molar refractivity (Wildman–Crippen MR) is 44.0 cm³/mol. The van der Waals surface area contributed by atoms with Crippen molar-refractivity contribution < 1.29 is 0 Å². The number of nitriles is 1. The zero-order valence-electron chi connectivity index (χ0n) is 5.11. The van der Waals surface area contributed by atoms with Gasteiger partial charge < -0.3 is 0 Å². The molecule has 0 fully saturated rings. The van der Waals surface area contributed by atoms with E-state index in [0.29, 0.717) is 0 Å². The molecule has 0 atom stereocenters. The summed E-state index contributed by atoms with van der Waals surface area (Å²) in [5.41, 5.74) is 0.157. The summed E-state index contributed by atoms with van der Waals surface area (Å²) >= 11 is 16.7. The number of halogens is 3. The van der Waals surface area contributed by atoms with Gasteiger partial charge in [0.15, 0.2) is 5.15 Å². The minimum absolute atomic E-state index is 0.0516. The lowest BCUT2D eigenvalue weighted by Gasteiger charge is -1.96. The van der Waals surface area contributed by atoms with Gasteiger partial charge in [0.05, 0.1) is 10.0 Å². The van der Waals surface area contributed by atoms with Crippen LogP contribution in [0.5, 0.6) is 0 Å². The van der Waals surface area contributed by atoms with Crippen LogP contribution in [0.2, 0.25) is 15.2 Å². The lowest BCUT2D eigenvalue weighted by atomic mass is 10.4. The van der Waals surface area contributed by atoms with Crippen LogP contribution in [0.1, 0.15) is 5.69 Å². The number of nitrogens with zero attached hydrogens (tertiary/aromatic N) is 2. The number of rotatable bonds is 0. The summed E-state index contributed by atoms with van der Waals surface area (Å²) in [4.78, 5) is 3.64. The third kappa shape index (κ3) is 1.75. The molecule has 0 saturated heterocycles. The fourth-order valence-corrected chi connectivity index (χ4v) is 1.06. The van der Waals surface area contributed by atoms with Crippen molar-refractivity contribution in [3.05, 3.63) is 27.0 Å². The van der Waals surface area contributed by atoms with Crippen molar-refractivity contribution in [2.75, 3.05) is 0 Å². The molecule has 0 unspecified atom stereocenters. The van der Waals surface area contributed by atoms with Crippen molar-refractivity contribution in [2.45, 2.75) is 0 Å². The van der Waals surface area contributed by atoms with Crippen LogP contribution in [0.3, 0.4) is 0 Å². The summed E-state index contributed by atoms with van der Waals surface area (Å²) in [6.45, 7) is 0. The Morgan fingerprint density at radius 3 is 2.45 bits per heavy atom. The van der Waals surface area contributed by atoms with E-state index in [1.165, 1.54) is 6.07 Å². The van der Waals surface area contributed by atoms with Crippen molar-refractivity contribution >= 4 is 34.8 Å². The molecule has 1 aromatic heterocycles. The van der Waals surface area contributed by atoms with Crippen LogP contribution in [0, 0.1) is 11.3 Å². The van der Waals surface area contributed by atoms with Crippen molar-refractivity contribution in [1.82, 2.24) is 4.98 Å². The second-order valence-corrected chi connectivity index (χ2v) is 2.85. The van der Waals surface area contributed by atoms with E-state index in [1.54, 1.807) is 6.07 Å². The molecule has 0 aliphatic heterocycles. The average molecular weight is 207 g/mol. The molecule has 0 amide bonds. The van der Waals surface area contributed by atoms with Gasteiger partial charge in [0, 0.05) is 0 Å². The van der Waals surface area contributed by atoms with E-state index in [4.69, 9.17) is 40.1 Å². The van der Waals surface area contributed by atoms with Crippen LogP contribution in [0.25, 0.3) is 0 Å². The van der Waals surface area contributed by atoms with Gasteiger partial charge in [0.2, 0.25) is 0 Å². The Morgan fingerprint density at radius 1 is 1.36 bits per heavy atom. The zero-order valence-corrected chi connectivity index (χ0v) is 7.37. The van der Waals surface area contributed by atoms with E-state index < -0.39 is 0 Å². The molecule has 0 radical (unpaired) electrons. The molecule has 0 saturated carbocycles. The fraction of sp³-hybridized carbons (Fsp3) is 0. The minimum atomic E-state index is 0.0516. The molecule has 0 bridgehead atoms. The molecule has 2 nitrogen and oxygen atoms in total. The number of hydrogen-bond donors (Lipinski definition) is 0. The molecule has 0 aliphatic carbocycles. The first kappa shape index (κ1) is 8.61. The maximum absolute atomic E-state index is 8.40. The van der Waals surface area contributed by atoms with E-state index in [1.807, 2.05) is 0 Å². The minimum Gasteiger partial charge on any atom is -0.224 e. The number of hydrogen-bond acceptors (Lipinski definition) is 2. The lowest BCUT2D eigenvalue weighted by Crippen LogP contribution is -1.84. The maximum Gasteiger partial charge on any atom is 0.150 e. The highest BCUT2D eigenvalue weighted by atomic mass is 35.5. The van der Waals surface area contributed by atoms with Crippen molar-refractivity contribution in [3.63, 3.8) is 0 Å². The van der Waals surface area contributed by atoms with E-state index in [0.717, 1.165) is 0 Å². The Bertz CT molecular complexity index is 306. The number of aromatic nitrogens is 1. The first-order valence-electron chi connectivity index (χ1n) is 2.57. The van der Waals surface area contributed by atoms with Gasteiger partial charge in [0.1, 0.15) is 11.8 Å². The summed E-state index contributed by atoms with van der Waals surface area (Å²) in [6, 6.07) is 3.15. The van der Waals surface area contributed by atoms with E-state index in [9.17, 15) is 0 Å². The maximum atomic E-state index is 8.40. The topological polar surface area (TPSA) is 36.7 Å². The third-order valence-electron chi connectivity index (χ3n) is 0.987. The average Bonchev–Trinajstić information content (AvgIpc) is 1.99. The first-order chi connectivity index (χ1) is 5.15. The Morgan fingerprint density at radius 2 is 2.00 bits per heavy atom. The van der Waals surface area contributed by atoms with Gasteiger partial charge in [-0.1, -0.05) is 34.8 Å². The van der Waals surface area contributed by atoms with Gasteiger partial charge in [-0.05, 0) is 6.07 Å². The molecular formula is C6HCl3N2. The van der Waals surface area contributed by atoms with Crippen molar-refractivity contribution in [2.24, 2.45) is 0 Å². The van der Waals surface area contributed by atoms with E-state index >= 15 is 0 Å². The quantitative estimate of drug-likeness (QED) is 0.613. The summed E-state index contributed by atoms with van der Waals surface area (Å²) in [5.74, 6) is 0. The molecule has 5 heteroatoms. The lowest BCUT2D eigenvalue weighted by molar-refractivity contribution is 1.26. The Kier molecular flexibility index (Phi) is 2.56. The predicted octanol–water partition coefficient (Wildman–Crippen LogP) is 2.91. The molecule has 0 spiro atoms. The summed E-state index contributed by atoms with van der Waals surface area (Å²) in [5, 5.41) is 8.87. The third-order valence-corrected chi connectivity index (χ3v) is 2.14. The summed E-state index contributed by atoms with van der Waals surface area (Å²) in [6.07, 6.45) is 0. The molecule has 0 N–H and O–H groups in total. The smallest absolute Gasteiger partial charge is 0.150 e. The SMILES string of the molecule is N#Cc1cc(Cl)c(Cl)c(Cl)n1. The highest BCUT2D eigenvalue weighted by molar-refractivity contribution is 6.47. The van der Waals surface area contributed by atoms with Gasteiger partial charge in [-0.25, -0.2) is 4.98 Å². The van der Waals surface area contributed by atoms with Gasteiger partial charge in [-0.3, -0.25) is 0 Å². The van der Waals surface area contributed by atoms with E-state index in [2.05, 4.69) is 4.98 Å². The summed E-state index contributed by atoms with van der Waals surface area (Å²) in [7, 11) is 0. The van der Waals surface area contributed by atoms with Crippen LogP contribution in [-0.2, 0) is 0 Å². The van der Waals surface area contributed by atoms with Gasteiger partial charge in [-0.15, -0.1) is 0 Å². The van der Waals surface area contributed by atoms with Crippen LogP contribution in [0.15, 0.2) is 6.07 Å². The fourth-order valence-electron chi connectivity index (χ4n) is 0.526. The van der Waals surface area contributed by atoms with Gasteiger partial charge in [0.25, 0.3) is 0 Å². The Balaban J connectivity index is 3.35. The monoisotopic (exact) mass is 206 g/mol. The van der Waals surface area contributed by atoms with Crippen molar-refractivity contribution in [1.29, 1.82) is 5.26 Å². The molecule has 1 aromatic rings. The second-order valence-electron chi connectivity index (χ2n) is 1.71. The van der Waals surface area contributed by atoms with Crippen LogP contribution < -0.4 is 0 Å². The van der Waals surface area contributed by atoms with Crippen LogP contribution in [-0.4, -0.2) is 4.98 Å². The summed E-state index contributed by atoms with van der Waals surface area (Å²) < 4.78 is 0. The largest absolute Gasteiger partial charge is 0.224 e. The molecule has 56 valence electrons. The molecule has 0 aliphatic rings. The zero-order chi connectivity index (χ0) is 8.43. The molecule has 1 heterocycles. The molecule has 1 rings (SSSR count). The first-order valence-corrected chi connectivity index (χ1v) is 3.70. The normalized spacial score (nSPS) is 9.27. The van der Waals surface area contributed by atoms with Crippen LogP contribution >= 0.6 is 34.8 Å². The van der Waals surface area contributed by atoms with E-state index in [-0.39, 0.29) is 20.9 Å². The van der Waals surface area contributed by atoms with Crippen molar-refractivity contribution in [3.8, 4) is 6.07 Å². The highest BCUT2D eigenvalue weighted by Gasteiger charge is 2.06. The Hall–Kier alpha value is -0.490. The van der Waals surface area contributed by atoms with Gasteiger partial charge in [-0.2, -0.15) is 5.26 Å². The Labute approximate surface area is 78.3 Å². The van der Waals surface area contributed by atoms with Gasteiger partial charge >= 0.3 is 0 Å². The van der Waals surface area contributed by atoms with Crippen LogP contribution in [0.4, 0.5) is 0 Å². The molecule has 0 aromatic carbocycles.